The van der Waals surface area contributed by atoms with Crippen molar-refractivity contribution in [3.63, 3.8) is 0 Å². The Morgan fingerprint density at radius 3 is 1.14 bits per heavy atom. The third-order valence-electron chi connectivity index (χ3n) is 0.357. The van der Waals surface area contributed by atoms with Crippen LogP contribution in [-0.2, 0) is 9.59 Å². The van der Waals surface area contributed by atoms with E-state index in [2.05, 4.69) is 11.2 Å². The van der Waals surface area contributed by atoms with Crippen LogP contribution < -0.4 is 0 Å². The number of nitroso groups, excluding NO2 is 2. The summed E-state index contributed by atoms with van der Waals surface area (Å²) in [6.45, 7) is 2.28. The summed E-state index contributed by atoms with van der Waals surface area (Å²) in [4.78, 5) is 33.4. The molecule has 0 bridgehead atoms. The summed E-state index contributed by atoms with van der Waals surface area (Å²) in [6.07, 6.45) is -1.23. The Hall–Kier alpha value is -1.90. The summed E-state index contributed by atoms with van der Waals surface area (Å²) >= 11 is 0. The number of aliphatic hydroxyl groups excluding tert-OH is 1. The summed E-state index contributed by atoms with van der Waals surface area (Å²) in [5.74, 6) is -2.02. The molecule has 0 aromatic rings. The lowest BCUT2D eigenvalue weighted by Gasteiger charge is -1.89. The minimum atomic E-state index is -1.23. The summed E-state index contributed by atoms with van der Waals surface area (Å²) in [5.41, 5.74) is 9.00. The van der Waals surface area contributed by atoms with E-state index in [1.165, 1.54) is 6.92 Å². The topological polar surface area (TPSA) is 177 Å². The van der Waals surface area contributed by atoms with Gasteiger partial charge in [0.05, 0.1) is 0 Å². The Kier molecular flexibility index (Phi) is 36.5. The van der Waals surface area contributed by atoms with Gasteiger partial charge in [-0.15, -0.1) is 0 Å². The number of aliphatic carboxylic acids is 2. The predicted octanol–water partition coefficient (Wildman–Crippen LogP) is 0.206. The van der Waals surface area contributed by atoms with Crippen LogP contribution in [-0.4, -0.2) is 33.4 Å². The maximum absolute atomic E-state index is 9.45. The second kappa shape index (κ2) is 22.5. The number of carboxylic acid groups (broad SMARTS) is 2. The molecular weight excluding hydrogens is 200 g/mol. The largest absolute Gasteiger partial charge is 0.481 e. The molecular formula is C5H12N2O7. The van der Waals surface area contributed by atoms with Crippen LogP contribution in [0.25, 0.3) is 0 Å². The number of aliphatic hydroxyl groups is 1. The Morgan fingerprint density at radius 1 is 1.07 bits per heavy atom. The molecule has 0 heterocycles. The molecule has 0 saturated carbocycles. The summed E-state index contributed by atoms with van der Waals surface area (Å²) in [5, 5.41) is 23.2. The van der Waals surface area contributed by atoms with Gasteiger partial charge in [-0.1, -0.05) is 11.2 Å². The van der Waals surface area contributed by atoms with Crippen LogP contribution in [0.4, 0.5) is 0 Å². The van der Waals surface area contributed by atoms with Gasteiger partial charge in [-0.05, 0) is 6.92 Å². The van der Waals surface area contributed by atoms with Crippen molar-refractivity contribution in [3.8, 4) is 0 Å². The van der Waals surface area contributed by atoms with Crippen molar-refractivity contribution in [3.05, 3.63) is 9.81 Å². The van der Waals surface area contributed by atoms with Crippen molar-refractivity contribution in [1.82, 2.24) is 0 Å². The molecule has 9 heteroatoms. The molecule has 5 N–H and O–H groups in total. The van der Waals surface area contributed by atoms with Gasteiger partial charge < -0.3 is 15.3 Å². The molecule has 1 unspecified atom stereocenters. The van der Waals surface area contributed by atoms with Gasteiger partial charge in [0.25, 0.3) is 5.97 Å². The zero-order valence-corrected chi connectivity index (χ0v) is 7.55. The van der Waals surface area contributed by atoms with Crippen molar-refractivity contribution >= 4 is 11.9 Å². The van der Waals surface area contributed by atoms with Crippen molar-refractivity contribution in [2.24, 2.45) is 0 Å². The van der Waals surface area contributed by atoms with E-state index in [4.69, 9.17) is 29.9 Å². The van der Waals surface area contributed by atoms with Gasteiger partial charge in [0.15, 0.2) is 0 Å². The van der Waals surface area contributed by atoms with Gasteiger partial charge in [0.2, 0.25) is 0 Å². The van der Waals surface area contributed by atoms with Crippen LogP contribution in [0.5, 0.6) is 0 Å². The first kappa shape index (κ1) is 22.7. The van der Waals surface area contributed by atoms with E-state index in [1.54, 1.807) is 0 Å². The molecule has 0 saturated heterocycles. The quantitative estimate of drug-likeness (QED) is 0.385. The molecule has 0 fully saturated rings. The van der Waals surface area contributed by atoms with Gasteiger partial charge >= 0.3 is 5.97 Å². The first-order valence-electron chi connectivity index (χ1n) is 2.89. The SMILES string of the molecule is CC(=O)O.CC(O)C(=O)O.N=O.N=O. The van der Waals surface area contributed by atoms with Crippen molar-refractivity contribution < 1.29 is 24.9 Å². The van der Waals surface area contributed by atoms with Crippen molar-refractivity contribution in [2.45, 2.75) is 20.0 Å². The Bertz CT molecular complexity index is 143. The first-order chi connectivity index (χ1) is 6.37. The second-order valence-electron chi connectivity index (χ2n) is 1.53. The first-order valence-corrected chi connectivity index (χ1v) is 2.89. The van der Waals surface area contributed by atoms with Crippen LogP contribution >= 0.6 is 0 Å². The maximum Gasteiger partial charge on any atom is 0.332 e. The molecule has 9 nitrogen and oxygen atoms in total. The van der Waals surface area contributed by atoms with Crippen LogP contribution in [0.15, 0.2) is 0 Å². The molecule has 0 amide bonds. The number of carboxylic acids is 2. The minimum Gasteiger partial charge on any atom is -0.481 e. The molecule has 0 aliphatic heterocycles. The van der Waals surface area contributed by atoms with E-state index in [0.29, 0.717) is 0 Å². The van der Waals surface area contributed by atoms with E-state index >= 15 is 0 Å². The fourth-order valence-electron chi connectivity index (χ4n) is 0. The van der Waals surface area contributed by atoms with E-state index in [0.717, 1.165) is 6.92 Å². The zero-order valence-electron chi connectivity index (χ0n) is 7.55. The summed E-state index contributed by atoms with van der Waals surface area (Å²) in [7, 11) is 0. The molecule has 14 heavy (non-hydrogen) atoms. The normalized spacial score (nSPS) is 8.21. The number of rotatable bonds is 1. The van der Waals surface area contributed by atoms with Crippen LogP contribution in [0.3, 0.4) is 0 Å². The van der Waals surface area contributed by atoms with E-state index in [9.17, 15) is 4.79 Å². The molecule has 0 aliphatic carbocycles. The molecule has 0 aromatic heterocycles. The fraction of sp³-hybridized carbons (Fsp3) is 0.600. The van der Waals surface area contributed by atoms with Crippen LogP contribution in [0, 0.1) is 21.0 Å². The fourth-order valence-corrected chi connectivity index (χ4v) is 0. The molecule has 0 aliphatic rings. The van der Waals surface area contributed by atoms with Gasteiger partial charge in [0.1, 0.15) is 6.10 Å². The monoisotopic (exact) mass is 212 g/mol. The highest BCUT2D eigenvalue weighted by Crippen LogP contribution is 1.73. The van der Waals surface area contributed by atoms with E-state index in [1.807, 2.05) is 0 Å². The van der Waals surface area contributed by atoms with Gasteiger partial charge in [-0.3, -0.25) is 4.79 Å². The van der Waals surface area contributed by atoms with Crippen molar-refractivity contribution in [1.29, 1.82) is 11.2 Å². The Balaban J connectivity index is -0.0000000546. The summed E-state index contributed by atoms with van der Waals surface area (Å²) < 4.78 is 0. The van der Waals surface area contributed by atoms with Crippen LogP contribution in [0.2, 0.25) is 0 Å². The van der Waals surface area contributed by atoms with Gasteiger partial charge in [-0.25, -0.2) is 4.79 Å². The number of nitrogens with one attached hydrogen (secondary N) is 2. The smallest absolute Gasteiger partial charge is 0.332 e. The minimum absolute atomic E-state index is 0.833. The molecule has 0 rings (SSSR count). The highest BCUT2D eigenvalue weighted by Gasteiger charge is 2.01. The average Bonchev–Trinajstić information content (AvgIpc) is 2.10. The number of hydrogen-bond donors (Lipinski definition) is 5. The molecule has 0 radical (unpaired) electrons. The number of hydrogen-bond acceptors (Lipinski definition) is 7. The highest BCUT2D eigenvalue weighted by molar-refractivity contribution is 5.71. The van der Waals surface area contributed by atoms with Crippen LogP contribution in [0.1, 0.15) is 13.8 Å². The Labute approximate surface area is 78.9 Å². The highest BCUT2D eigenvalue weighted by atomic mass is 16.4. The van der Waals surface area contributed by atoms with E-state index < -0.39 is 18.0 Å². The third-order valence-corrected chi connectivity index (χ3v) is 0.357. The van der Waals surface area contributed by atoms with E-state index in [-0.39, 0.29) is 0 Å². The zero-order chi connectivity index (χ0) is 12.7. The van der Waals surface area contributed by atoms with Gasteiger partial charge in [0, 0.05) is 6.92 Å². The molecule has 84 valence electrons. The molecule has 1 atom stereocenters. The molecule has 0 aromatic carbocycles. The lowest BCUT2D eigenvalue weighted by atomic mass is 10.4. The second-order valence-corrected chi connectivity index (χ2v) is 1.53. The van der Waals surface area contributed by atoms with Gasteiger partial charge in [-0.2, -0.15) is 9.81 Å². The standard InChI is InChI=1S/C3H6O3.C2H4O2.2HNO/c1-2(4)3(5)6;1-2(3)4;2*1-2/h2,4H,1H3,(H,5,6);1H3,(H,3,4);2*1H. The van der Waals surface area contributed by atoms with Crippen molar-refractivity contribution in [2.75, 3.05) is 0 Å². The average molecular weight is 212 g/mol. The Morgan fingerprint density at radius 2 is 1.14 bits per heavy atom. The number of carbonyl (C=O) groups is 2. The third kappa shape index (κ3) is 190. The lowest BCUT2D eigenvalue weighted by molar-refractivity contribution is -0.145. The lowest BCUT2D eigenvalue weighted by Crippen LogP contribution is -2.13. The molecule has 0 spiro atoms. The maximum atomic E-state index is 9.45. The predicted molar refractivity (Wildman–Crippen MR) is 44.8 cm³/mol. The summed E-state index contributed by atoms with van der Waals surface area (Å²) in [6, 6.07) is 0.